The monoisotopic (exact) mass is 460 g/mol. The minimum Gasteiger partial charge on any atom is -0.490 e. The van der Waals surface area contributed by atoms with Crippen molar-refractivity contribution in [3.05, 3.63) is 83.4 Å². The molecule has 0 aliphatic heterocycles. The van der Waals surface area contributed by atoms with E-state index in [0.717, 1.165) is 17.7 Å². The summed E-state index contributed by atoms with van der Waals surface area (Å²) >= 11 is 1.19. The van der Waals surface area contributed by atoms with E-state index in [1.165, 1.54) is 29.7 Å². The van der Waals surface area contributed by atoms with Crippen LogP contribution in [0, 0.1) is 0 Å². The number of anilines is 2. The van der Waals surface area contributed by atoms with Crippen LogP contribution < -0.4 is 15.5 Å². The second kappa shape index (κ2) is 10.6. The third kappa shape index (κ3) is 6.95. The Bertz CT molecular complexity index is 1100. The first kappa shape index (κ1) is 23.0. The van der Waals surface area contributed by atoms with Crippen molar-refractivity contribution in [3.63, 3.8) is 0 Å². The summed E-state index contributed by atoms with van der Waals surface area (Å²) < 4.78 is 43.9. The molecule has 0 atom stereocenters. The molecule has 6 nitrogen and oxygen atoms in total. The summed E-state index contributed by atoms with van der Waals surface area (Å²) in [5.41, 5.74) is 3.17. The molecule has 0 saturated carbocycles. The number of ether oxygens (including phenoxy) is 1. The van der Waals surface area contributed by atoms with Crippen LogP contribution in [0.3, 0.4) is 0 Å². The van der Waals surface area contributed by atoms with Crippen molar-refractivity contribution in [2.24, 2.45) is 5.10 Å². The molecule has 0 bridgehead atoms. The van der Waals surface area contributed by atoms with Gasteiger partial charge in [-0.25, -0.2) is 10.4 Å². The van der Waals surface area contributed by atoms with Crippen molar-refractivity contribution in [2.75, 3.05) is 11.9 Å². The van der Waals surface area contributed by atoms with Gasteiger partial charge in [-0.2, -0.15) is 18.3 Å². The molecule has 2 aromatic carbocycles. The van der Waals surface area contributed by atoms with E-state index >= 15 is 0 Å². The molecule has 166 valence electrons. The highest BCUT2D eigenvalue weighted by molar-refractivity contribution is 7.13. The zero-order valence-corrected chi connectivity index (χ0v) is 17.5. The Kier molecular flexibility index (Phi) is 7.61. The quantitative estimate of drug-likeness (QED) is 0.263. The van der Waals surface area contributed by atoms with Gasteiger partial charge in [-0.1, -0.05) is 18.7 Å². The van der Waals surface area contributed by atoms with E-state index in [1.807, 2.05) is 0 Å². The summed E-state index contributed by atoms with van der Waals surface area (Å²) in [6, 6.07) is 12.0. The van der Waals surface area contributed by atoms with Gasteiger partial charge in [0.15, 0.2) is 5.13 Å². The maximum Gasteiger partial charge on any atom is 0.416 e. The molecule has 3 aromatic rings. The Morgan fingerprint density at radius 2 is 2.00 bits per heavy atom. The van der Waals surface area contributed by atoms with Gasteiger partial charge in [0.25, 0.3) is 0 Å². The van der Waals surface area contributed by atoms with E-state index in [-0.39, 0.29) is 18.0 Å². The summed E-state index contributed by atoms with van der Waals surface area (Å²) in [6.45, 7) is 3.99. The van der Waals surface area contributed by atoms with Crippen LogP contribution in [0.15, 0.2) is 71.7 Å². The van der Waals surface area contributed by atoms with Crippen molar-refractivity contribution >= 4 is 34.3 Å². The van der Waals surface area contributed by atoms with Crippen LogP contribution >= 0.6 is 11.3 Å². The fourth-order valence-electron chi connectivity index (χ4n) is 2.53. The van der Waals surface area contributed by atoms with Crippen molar-refractivity contribution in [1.29, 1.82) is 0 Å². The number of benzene rings is 2. The Hall–Kier alpha value is -3.66. The van der Waals surface area contributed by atoms with Crippen LogP contribution in [0.25, 0.3) is 0 Å². The summed E-state index contributed by atoms with van der Waals surface area (Å²) in [5, 5.41) is 8.77. The molecule has 0 aliphatic rings. The molecule has 2 N–H and O–H groups in total. The zero-order valence-electron chi connectivity index (χ0n) is 16.7. The van der Waals surface area contributed by atoms with Crippen molar-refractivity contribution in [3.8, 4) is 5.75 Å². The molecule has 0 aliphatic carbocycles. The van der Waals surface area contributed by atoms with Gasteiger partial charge < -0.3 is 10.1 Å². The standard InChI is InChI=1S/C22H19F3N4O2S/c1-2-10-31-19-8-6-15(7-9-19)13-26-29-20(30)12-18-14-32-21(28-18)27-17-5-3-4-16(11-17)22(23,24)25/h2-9,11,13-14H,1,10,12H2,(H,27,28)(H,29,30)/b26-13-. The molecule has 0 saturated heterocycles. The van der Waals surface area contributed by atoms with Crippen LogP contribution in [-0.2, 0) is 17.4 Å². The number of aromatic nitrogens is 1. The number of rotatable bonds is 9. The first-order valence-corrected chi connectivity index (χ1v) is 10.3. The average Bonchev–Trinajstić information content (AvgIpc) is 3.19. The largest absolute Gasteiger partial charge is 0.490 e. The Morgan fingerprint density at radius 1 is 1.22 bits per heavy atom. The number of hydrazone groups is 1. The predicted molar refractivity (Wildman–Crippen MR) is 118 cm³/mol. The van der Waals surface area contributed by atoms with Crippen molar-refractivity contribution in [2.45, 2.75) is 12.6 Å². The third-order valence-corrected chi connectivity index (χ3v) is 4.79. The molecule has 3 rings (SSSR count). The lowest BCUT2D eigenvalue weighted by molar-refractivity contribution is -0.137. The number of nitrogens with one attached hydrogen (secondary N) is 2. The molecule has 1 heterocycles. The second-order valence-corrected chi connectivity index (χ2v) is 7.34. The maximum atomic E-state index is 12.8. The smallest absolute Gasteiger partial charge is 0.416 e. The molecule has 10 heteroatoms. The Balaban J connectivity index is 1.50. The van der Waals surface area contributed by atoms with Crippen LogP contribution in [-0.4, -0.2) is 23.7 Å². The number of hydrogen-bond donors (Lipinski definition) is 2. The van der Waals surface area contributed by atoms with E-state index in [2.05, 4.69) is 27.4 Å². The number of thiazole rings is 1. The zero-order chi connectivity index (χ0) is 23.0. The van der Waals surface area contributed by atoms with Gasteiger partial charge in [0.2, 0.25) is 5.91 Å². The van der Waals surface area contributed by atoms with Crippen LogP contribution in [0.2, 0.25) is 0 Å². The van der Waals surface area contributed by atoms with E-state index < -0.39 is 11.7 Å². The highest BCUT2D eigenvalue weighted by Crippen LogP contribution is 2.31. The molecule has 0 radical (unpaired) electrons. The predicted octanol–water partition coefficient (Wildman–Crippen LogP) is 5.16. The summed E-state index contributed by atoms with van der Waals surface area (Å²) in [4.78, 5) is 16.3. The maximum absolute atomic E-state index is 12.8. The molecule has 32 heavy (non-hydrogen) atoms. The van der Waals surface area contributed by atoms with E-state index in [0.29, 0.717) is 23.2 Å². The molecular formula is C22H19F3N4O2S. The molecule has 1 amide bonds. The van der Waals surface area contributed by atoms with Gasteiger partial charge in [-0.05, 0) is 48.0 Å². The Morgan fingerprint density at radius 3 is 2.72 bits per heavy atom. The van der Waals surface area contributed by atoms with Gasteiger partial charge >= 0.3 is 6.18 Å². The summed E-state index contributed by atoms with van der Waals surface area (Å²) in [7, 11) is 0. The summed E-state index contributed by atoms with van der Waals surface area (Å²) in [6.07, 6.45) is -1.30. The fraction of sp³-hybridized carbons (Fsp3) is 0.136. The molecule has 0 spiro atoms. The van der Waals surface area contributed by atoms with Gasteiger partial charge in [-0.15, -0.1) is 11.3 Å². The normalized spacial score (nSPS) is 11.3. The molecule has 0 unspecified atom stereocenters. The van der Waals surface area contributed by atoms with Gasteiger partial charge in [-0.3, -0.25) is 4.79 Å². The molecule has 1 aromatic heterocycles. The number of halogens is 3. The number of carbonyl (C=O) groups is 1. The molecule has 0 fully saturated rings. The van der Waals surface area contributed by atoms with Crippen LogP contribution in [0.5, 0.6) is 5.75 Å². The lowest BCUT2D eigenvalue weighted by atomic mass is 10.2. The SMILES string of the molecule is C=CCOc1ccc(/C=N\NC(=O)Cc2csc(Nc3cccc(C(F)(F)F)c3)n2)cc1. The number of alkyl halides is 3. The number of amides is 1. The van der Waals surface area contributed by atoms with Gasteiger partial charge in [0.05, 0.1) is 23.9 Å². The number of nitrogens with zero attached hydrogens (tertiary/aromatic N) is 2. The van der Waals surface area contributed by atoms with E-state index in [1.54, 1.807) is 35.7 Å². The van der Waals surface area contributed by atoms with E-state index in [9.17, 15) is 18.0 Å². The van der Waals surface area contributed by atoms with Crippen LogP contribution in [0.1, 0.15) is 16.8 Å². The van der Waals surface area contributed by atoms with Crippen molar-refractivity contribution in [1.82, 2.24) is 10.4 Å². The number of hydrogen-bond acceptors (Lipinski definition) is 6. The minimum atomic E-state index is -4.42. The van der Waals surface area contributed by atoms with E-state index in [4.69, 9.17) is 4.74 Å². The highest BCUT2D eigenvalue weighted by atomic mass is 32.1. The van der Waals surface area contributed by atoms with Crippen molar-refractivity contribution < 1.29 is 22.7 Å². The lowest BCUT2D eigenvalue weighted by Gasteiger charge is -2.08. The third-order valence-electron chi connectivity index (χ3n) is 3.99. The number of carbonyl (C=O) groups excluding carboxylic acids is 1. The Labute approximate surface area is 186 Å². The van der Waals surface area contributed by atoms with Gasteiger partial charge in [0, 0.05) is 11.1 Å². The minimum absolute atomic E-state index is 0.0214. The lowest BCUT2D eigenvalue weighted by Crippen LogP contribution is -2.19. The first-order chi connectivity index (χ1) is 15.3. The van der Waals surface area contributed by atoms with Gasteiger partial charge in [0.1, 0.15) is 12.4 Å². The highest BCUT2D eigenvalue weighted by Gasteiger charge is 2.30. The molecular weight excluding hydrogens is 441 g/mol. The summed E-state index contributed by atoms with van der Waals surface area (Å²) in [5.74, 6) is 0.326. The first-order valence-electron chi connectivity index (χ1n) is 9.38. The average molecular weight is 460 g/mol. The fourth-order valence-corrected chi connectivity index (χ4v) is 3.26. The second-order valence-electron chi connectivity index (χ2n) is 6.49. The topological polar surface area (TPSA) is 75.6 Å². The van der Waals surface area contributed by atoms with Crippen LogP contribution in [0.4, 0.5) is 24.0 Å².